The molecule has 0 radical (unpaired) electrons. The van der Waals surface area contributed by atoms with Gasteiger partial charge in [-0.3, -0.25) is 4.79 Å². The van der Waals surface area contributed by atoms with E-state index in [1.807, 2.05) is 51.1 Å². The molecule has 2 aromatic carbocycles. The van der Waals surface area contributed by atoms with Gasteiger partial charge in [-0.05, 0) is 56.0 Å². The molecule has 0 saturated heterocycles. The highest BCUT2D eigenvalue weighted by molar-refractivity contribution is 5.77. The summed E-state index contributed by atoms with van der Waals surface area (Å²) < 4.78 is 11.5. The van der Waals surface area contributed by atoms with Gasteiger partial charge in [-0.1, -0.05) is 43.7 Å². The molecule has 0 aliphatic carbocycles. The van der Waals surface area contributed by atoms with Crippen molar-refractivity contribution in [1.29, 1.82) is 0 Å². The number of rotatable bonds is 8. The molecule has 4 nitrogen and oxygen atoms in total. The van der Waals surface area contributed by atoms with Crippen molar-refractivity contribution in [2.75, 3.05) is 13.2 Å². The summed E-state index contributed by atoms with van der Waals surface area (Å²) in [5.41, 5.74) is 3.41. The molecule has 0 fully saturated rings. The third-order valence-corrected chi connectivity index (χ3v) is 4.08. The minimum atomic E-state index is -0.152. The van der Waals surface area contributed by atoms with E-state index in [-0.39, 0.29) is 18.6 Å². The van der Waals surface area contributed by atoms with Crippen LogP contribution in [0.4, 0.5) is 0 Å². The van der Waals surface area contributed by atoms with Crippen molar-refractivity contribution < 1.29 is 14.3 Å². The summed E-state index contributed by atoms with van der Waals surface area (Å²) in [6.45, 7) is 10.6. The summed E-state index contributed by atoms with van der Waals surface area (Å²) in [7, 11) is 0. The highest BCUT2D eigenvalue weighted by Gasteiger charge is 2.12. The van der Waals surface area contributed by atoms with Crippen molar-refractivity contribution in [2.24, 2.45) is 0 Å². The molecule has 0 spiro atoms. The maximum atomic E-state index is 12.2. The first-order chi connectivity index (χ1) is 12.3. The number of carbonyl (C=O) groups is 1. The average molecular weight is 355 g/mol. The van der Waals surface area contributed by atoms with Gasteiger partial charge in [0.15, 0.2) is 6.61 Å². The van der Waals surface area contributed by atoms with Crippen LogP contribution >= 0.6 is 0 Å². The molecule has 0 aromatic heterocycles. The molecular weight excluding hydrogens is 326 g/mol. The van der Waals surface area contributed by atoms with Crippen LogP contribution in [-0.4, -0.2) is 25.2 Å². The summed E-state index contributed by atoms with van der Waals surface area (Å²) in [6.07, 6.45) is 0. The van der Waals surface area contributed by atoms with Crippen LogP contribution in [0.3, 0.4) is 0 Å². The first-order valence-corrected chi connectivity index (χ1v) is 9.07. The van der Waals surface area contributed by atoms with Crippen molar-refractivity contribution in [1.82, 2.24) is 5.32 Å². The number of hydrogen-bond donors (Lipinski definition) is 1. The van der Waals surface area contributed by atoms with Crippen LogP contribution in [0.15, 0.2) is 42.5 Å². The largest absolute Gasteiger partial charge is 0.491 e. The lowest BCUT2D eigenvalue weighted by atomic mass is 10.0. The van der Waals surface area contributed by atoms with Crippen molar-refractivity contribution in [3.63, 3.8) is 0 Å². The Labute approximate surface area is 156 Å². The van der Waals surface area contributed by atoms with Gasteiger partial charge < -0.3 is 14.8 Å². The fourth-order valence-corrected chi connectivity index (χ4v) is 2.60. The number of ether oxygens (including phenoxy) is 2. The van der Waals surface area contributed by atoms with Gasteiger partial charge in [0.25, 0.3) is 5.91 Å². The molecule has 0 aliphatic rings. The fourth-order valence-electron chi connectivity index (χ4n) is 2.60. The Morgan fingerprint density at radius 2 is 1.62 bits per heavy atom. The van der Waals surface area contributed by atoms with Crippen molar-refractivity contribution in [3.8, 4) is 11.5 Å². The second-order valence-electron chi connectivity index (χ2n) is 7.08. The number of amides is 1. The topological polar surface area (TPSA) is 47.6 Å². The zero-order valence-corrected chi connectivity index (χ0v) is 16.3. The molecule has 0 saturated carbocycles. The smallest absolute Gasteiger partial charge is 0.258 e. The van der Waals surface area contributed by atoms with Gasteiger partial charge in [0, 0.05) is 0 Å². The predicted molar refractivity (Wildman–Crippen MR) is 105 cm³/mol. The normalized spacial score (nSPS) is 11.9. The van der Waals surface area contributed by atoms with Gasteiger partial charge >= 0.3 is 0 Å². The molecule has 1 amide bonds. The molecule has 0 unspecified atom stereocenters. The molecule has 0 bridgehead atoms. The van der Waals surface area contributed by atoms with Gasteiger partial charge in [-0.2, -0.15) is 0 Å². The van der Waals surface area contributed by atoms with Crippen LogP contribution in [0.2, 0.25) is 0 Å². The first-order valence-electron chi connectivity index (χ1n) is 9.07. The van der Waals surface area contributed by atoms with Crippen LogP contribution in [-0.2, 0) is 4.79 Å². The Morgan fingerprint density at radius 3 is 2.27 bits per heavy atom. The van der Waals surface area contributed by atoms with Gasteiger partial charge in [0.2, 0.25) is 0 Å². The zero-order chi connectivity index (χ0) is 19.1. The molecule has 26 heavy (non-hydrogen) atoms. The fraction of sp³-hybridized carbons (Fsp3) is 0.409. The minimum absolute atomic E-state index is 0.00194. The number of hydrogen-bond acceptors (Lipinski definition) is 3. The zero-order valence-electron chi connectivity index (χ0n) is 16.3. The summed E-state index contributed by atoms with van der Waals surface area (Å²) in [5.74, 6) is 1.77. The minimum Gasteiger partial charge on any atom is -0.491 e. The van der Waals surface area contributed by atoms with E-state index in [2.05, 4.69) is 31.3 Å². The SMILES string of the molecule is Cc1ccc(OC[C@H](C)NC(=O)COc2cc(C)ccc2C(C)C)cc1. The maximum absolute atomic E-state index is 12.2. The van der Waals surface area contributed by atoms with Crippen molar-refractivity contribution in [2.45, 2.75) is 46.6 Å². The van der Waals surface area contributed by atoms with Crippen LogP contribution < -0.4 is 14.8 Å². The van der Waals surface area contributed by atoms with Crippen LogP contribution in [0.5, 0.6) is 11.5 Å². The molecule has 1 atom stereocenters. The molecule has 2 rings (SSSR count). The number of benzene rings is 2. The van der Waals surface area contributed by atoms with E-state index < -0.39 is 0 Å². The van der Waals surface area contributed by atoms with Crippen LogP contribution in [0, 0.1) is 13.8 Å². The molecule has 0 heterocycles. The first kappa shape index (κ1) is 19.8. The summed E-state index contributed by atoms with van der Waals surface area (Å²) >= 11 is 0. The predicted octanol–water partition coefficient (Wildman–Crippen LogP) is 4.39. The van der Waals surface area contributed by atoms with Gasteiger partial charge in [0.1, 0.15) is 18.1 Å². The second kappa shape index (κ2) is 9.27. The van der Waals surface area contributed by atoms with Gasteiger partial charge in [-0.25, -0.2) is 0 Å². The van der Waals surface area contributed by atoms with Gasteiger partial charge in [0.05, 0.1) is 6.04 Å². The Morgan fingerprint density at radius 1 is 0.962 bits per heavy atom. The number of carbonyl (C=O) groups excluding carboxylic acids is 1. The van der Waals surface area contributed by atoms with E-state index >= 15 is 0 Å². The molecule has 1 N–H and O–H groups in total. The second-order valence-corrected chi connectivity index (χ2v) is 7.08. The molecule has 4 heteroatoms. The highest BCUT2D eigenvalue weighted by atomic mass is 16.5. The Kier molecular flexibility index (Phi) is 7.07. The number of nitrogens with one attached hydrogen (secondary N) is 1. The average Bonchev–Trinajstić information content (AvgIpc) is 2.59. The molecule has 0 aliphatic heterocycles. The van der Waals surface area contributed by atoms with E-state index in [1.54, 1.807) is 0 Å². The van der Waals surface area contributed by atoms with E-state index in [9.17, 15) is 4.79 Å². The third-order valence-electron chi connectivity index (χ3n) is 4.08. The highest BCUT2D eigenvalue weighted by Crippen LogP contribution is 2.27. The third kappa shape index (κ3) is 6.10. The van der Waals surface area contributed by atoms with E-state index in [0.29, 0.717) is 12.5 Å². The number of aryl methyl sites for hydroxylation is 2. The lowest BCUT2D eigenvalue weighted by Gasteiger charge is -2.17. The Hall–Kier alpha value is -2.49. The van der Waals surface area contributed by atoms with Crippen molar-refractivity contribution >= 4 is 5.91 Å². The summed E-state index contributed by atoms with van der Waals surface area (Å²) in [6, 6.07) is 13.9. The maximum Gasteiger partial charge on any atom is 0.258 e. The van der Waals surface area contributed by atoms with E-state index in [0.717, 1.165) is 22.6 Å². The van der Waals surface area contributed by atoms with Crippen LogP contribution in [0.1, 0.15) is 43.4 Å². The van der Waals surface area contributed by atoms with Crippen molar-refractivity contribution in [3.05, 3.63) is 59.2 Å². The van der Waals surface area contributed by atoms with E-state index in [1.165, 1.54) is 5.56 Å². The quantitative estimate of drug-likeness (QED) is 0.764. The molecule has 140 valence electrons. The molecular formula is C22H29NO3. The molecule has 2 aromatic rings. The van der Waals surface area contributed by atoms with Crippen LogP contribution in [0.25, 0.3) is 0 Å². The lowest BCUT2D eigenvalue weighted by Crippen LogP contribution is -2.39. The van der Waals surface area contributed by atoms with E-state index in [4.69, 9.17) is 9.47 Å². The summed E-state index contributed by atoms with van der Waals surface area (Å²) in [5, 5.41) is 2.91. The summed E-state index contributed by atoms with van der Waals surface area (Å²) in [4.78, 5) is 12.2. The lowest BCUT2D eigenvalue weighted by molar-refractivity contribution is -0.123. The Balaban J connectivity index is 1.81. The Bertz CT molecular complexity index is 723. The van der Waals surface area contributed by atoms with Gasteiger partial charge in [-0.15, -0.1) is 0 Å². The standard InChI is InChI=1S/C22H29NO3/c1-15(2)20-11-8-17(4)12-21(20)26-14-22(24)23-18(5)13-25-19-9-6-16(3)7-10-19/h6-12,15,18H,13-14H2,1-5H3,(H,23,24)/t18-/m0/s1. The monoisotopic (exact) mass is 355 g/mol.